The fourth-order valence-corrected chi connectivity index (χ4v) is 3.55. The molecule has 0 unspecified atom stereocenters. The van der Waals surface area contributed by atoms with Gasteiger partial charge in [0.05, 0.1) is 33.2 Å². The Kier molecular flexibility index (Phi) is 7.14. The van der Waals surface area contributed by atoms with Crippen molar-refractivity contribution in [2.75, 3.05) is 5.32 Å². The summed E-state index contributed by atoms with van der Waals surface area (Å²) in [7, 11) is 0. The van der Waals surface area contributed by atoms with Gasteiger partial charge >= 0.3 is 5.69 Å². The second-order valence-corrected chi connectivity index (χ2v) is 7.79. The minimum absolute atomic E-state index is 0.0684. The van der Waals surface area contributed by atoms with Crippen molar-refractivity contribution in [3.63, 3.8) is 0 Å². The van der Waals surface area contributed by atoms with Crippen LogP contribution in [0.2, 0.25) is 10.0 Å². The first-order valence-electron chi connectivity index (χ1n) is 9.45. The molecule has 0 spiro atoms. The van der Waals surface area contributed by atoms with Gasteiger partial charge in [0, 0.05) is 23.6 Å². The highest BCUT2D eigenvalue weighted by atomic mass is 35.5. The van der Waals surface area contributed by atoms with Crippen molar-refractivity contribution in [1.82, 2.24) is 9.78 Å². The molecule has 0 radical (unpaired) electrons. The minimum atomic E-state index is -0.624. The Morgan fingerprint density at radius 2 is 1.85 bits per heavy atom. The van der Waals surface area contributed by atoms with Crippen molar-refractivity contribution < 1.29 is 19.4 Å². The Morgan fingerprint density at radius 3 is 2.45 bits per heavy atom. The van der Waals surface area contributed by atoms with Crippen molar-refractivity contribution in [2.24, 2.45) is 0 Å². The fraction of sp³-hybridized carbons (Fsp3) is 0.200. The summed E-state index contributed by atoms with van der Waals surface area (Å²) in [5.41, 5.74) is 0.308. The number of nitro groups is 2. The molecule has 0 fully saturated rings. The molecule has 172 valence electrons. The van der Waals surface area contributed by atoms with Crippen molar-refractivity contribution in [3.8, 4) is 11.5 Å². The van der Waals surface area contributed by atoms with Gasteiger partial charge in [-0.05, 0) is 32.0 Å². The zero-order valence-corrected chi connectivity index (χ0v) is 18.9. The second kappa shape index (κ2) is 9.84. The first-order chi connectivity index (χ1) is 15.5. The quantitative estimate of drug-likeness (QED) is 0.324. The first-order valence-corrected chi connectivity index (χ1v) is 10.2. The molecule has 3 aromatic rings. The second-order valence-electron chi connectivity index (χ2n) is 6.95. The van der Waals surface area contributed by atoms with Gasteiger partial charge in [0.2, 0.25) is 5.91 Å². The van der Waals surface area contributed by atoms with Gasteiger partial charge in [0.25, 0.3) is 5.69 Å². The van der Waals surface area contributed by atoms with E-state index in [2.05, 4.69) is 10.4 Å². The molecule has 2 aromatic carbocycles. The number of nitrogens with zero attached hydrogens (tertiary/aromatic N) is 4. The van der Waals surface area contributed by atoms with Crippen LogP contribution in [-0.4, -0.2) is 25.5 Å². The predicted molar refractivity (Wildman–Crippen MR) is 121 cm³/mol. The highest BCUT2D eigenvalue weighted by molar-refractivity contribution is 6.35. The Labute approximate surface area is 197 Å². The molecule has 0 aliphatic carbocycles. The van der Waals surface area contributed by atoms with Gasteiger partial charge in [-0.2, -0.15) is 5.10 Å². The number of halogens is 2. The standard InChI is InChI=1S/C20H17Cl2N5O6/c1-11-20(27(31)32)12(2)25(24-11)6-5-19(28)23-14-8-15(26(29)30)10-16(9-14)33-18-4-3-13(21)7-17(18)22/h3-4,7-10H,5-6H2,1-2H3,(H,23,28). The zero-order valence-electron chi connectivity index (χ0n) is 17.4. The van der Waals surface area contributed by atoms with Gasteiger partial charge in [0.15, 0.2) is 0 Å². The number of nitrogens with one attached hydrogen (secondary N) is 1. The summed E-state index contributed by atoms with van der Waals surface area (Å²) in [5.74, 6) is -0.163. The maximum Gasteiger partial charge on any atom is 0.312 e. The molecule has 1 N–H and O–H groups in total. The number of amides is 1. The van der Waals surface area contributed by atoms with E-state index < -0.39 is 15.8 Å². The summed E-state index contributed by atoms with van der Waals surface area (Å²) in [4.78, 5) is 33.7. The topological polar surface area (TPSA) is 142 Å². The Morgan fingerprint density at radius 1 is 1.12 bits per heavy atom. The van der Waals surface area contributed by atoms with Crippen molar-refractivity contribution in [1.29, 1.82) is 0 Å². The molecule has 13 heteroatoms. The maximum absolute atomic E-state index is 12.4. The van der Waals surface area contributed by atoms with Crippen molar-refractivity contribution in [3.05, 3.63) is 78.1 Å². The highest BCUT2D eigenvalue weighted by Crippen LogP contribution is 2.34. The number of anilines is 1. The highest BCUT2D eigenvalue weighted by Gasteiger charge is 2.22. The van der Waals surface area contributed by atoms with E-state index in [0.717, 1.165) is 0 Å². The average Bonchev–Trinajstić information content (AvgIpc) is 3.01. The van der Waals surface area contributed by atoms with Gasteiger partial charge in [-0.1, -0.05) is 23.2 Å². The number of benzene rings is 2. The fourth-order valence-electron chi connectivity index (χ4n) is 3.11. The number of non-ortho nitro benzene ring substituents is 1. The lowest BCUT2D eigenvalue weighted by Crippen LogP contribution is -2.16. The summed E-state index contributed by atoms with van der Waals surface area (Å²) in [6.45, 7) is 3.15. The number of nitro benzene ring substituents is 1. The van der Waals surface area contributed by atoms with Gasteiger partial charge in [-0.3, -0.25) is 29.7 Å². The molecule has 0 aliphatic heterocycles. The molecule has 11 nitrogen and oxygen atoms in total. The van der Waals surface area contributed by atoms with Gasteiger partial charge in [0.1, 0.15) is 22.9 Å². The van der Waals surface area contributed by atoms with Crippen LogP contribution in [0.25, 0.3) is 0 Å². The number of aryl methyl sites for hydroxylation is 2. The van der Waals surface area contributed by atoms with Crippen LogP contribution in [0.3, 0.4) is 0 Å². The number of carbonyl (C=O) groups excluding carboxylic acids is 1. The van der Waals surface area contributed by atoms with E-state index in [1.165, 1.54) is 41.9 Å². The first kappa shape index (κ1) is 24.0. The minimum Gasteiger partial charge on any atom is -0.455 e. The van der Waals surface area contributed by atoms with Crippen LogP contribution in [0.4, 0.5) is 17.1 Å². The van der Waals surface area contributed by atoms with E-state index in [9.17, 15) is 25.0 Å². The molecule has 3 rings (SSSR count). The van der Waals surface area contributed by atoms with Gasteiger partial charge in [-0.15, -0.1) is 0 Å². The molecule has 1 amide bonds. The summed E-state index contributed by atoms with van der Waals surface area (Å²) in [6, 6.07) is 8.30. The van der Waals surface area contributed by atoms with Crippen LogP contribution in [0.5, 0.6) is 11.5 Å². The van der Waals surface area contributed by atoms with E-state index in [1.54, 1.807) is 13.0 Å². The van der Waals surface area contributed by atoms with E-state index in [-0.39, 0.29) is 52.2 Å². The molecule has 1 aromatic heterocycles. The zero-order chi connectivity index (χ0) is 24.3. The van der Waals surface area contributed by atoms with E-state index >= 15 is 0 Å². The molecule has 0 saturated carbocycles. The smallest absolute Gasteiger partial charge is 0.312 e. The number of carbonyl (C=O) groups is 1. The van der Waals surface area contributed by atoms with E-state index in [4.69, 9.17) is 27.9 Å². The molecule has 0 bridgehead atoms. The summed E-state index contributed by atoms with van der Waals surface area (Å²) in [6.07, 6.45) is -0.0684. The number of aromatic nitrogens is 2. The summed E-state index contributed by atoms with van der Waals surface area (Å²) in [5, 5.41) is 29.7. The Hall–Kier alpha value is -3.70. The lowest BCUT2D eigenvalue weighted by atomic mass is 10.2. The number of rotatable bonds is 8. The average molecular weight is 494 g/mol. The Bertz CT molecular complexity index is 1260. The van der Waals surface area contributed by atoms with Crippen molar-refractivity contribution in [2.45, 2.75) is 26.8 Å². The molecule has 0 atom stereocenters. The van der Waals surface area contributed by atoms with E-state index in [0.29, 0.717) is 10.7 Å². The Balaban J connectivity index is 1.76. The monoisotopic (exact) mass is 493 g/mol. The SMILES string of the molecule is Cc1nn(CCC(=O)Nc2cc(Oc3ccc(Cl)cc3Cl)cc([N+](=O)[O-])c2)c(C)c1[N+](=O)[O-]. The third-order valence-electron chi connectivity index (χ3n) is 4.58. The van der Waals surface area contributed by atoms with Crippen LogP contribution in [0, 0.1) is 34.1 Å². The van der Waals surface area contributed by atoms with Crippen LogP contribution >= 0.6 is 23.2 Å². The lowest BCUT2D eigenvalue weighted by molar-refractivity contribution is -0.386. The van der Waals surface area contributed by atoms with Gasteiger partial charge in [-0.25, -0.2) is 0 Å². The third-order valence-corrected chi connectivity index (χ3v) is 5.11. The molecule has 33 heavy (non-hydrogen) atoms. The number of hydrogen-bond acceptors (Lipinski definition) is 7. The molecular formula is C20H17Cl2N5O6. The predicted octanol–water partition coefficient (Wildman–Crippen LogP) is 5.44. The van der Waals surface area contributed by atoms with Crippen LogP contribution < -0.4 is 10.1 Å². The third kappa shape index (κ3) is 5.76. The van der Waals surface area contributed by atoms with Gasteiger partial charge < -0.3 is 10.1 Å². The number of hydrogen-bond donors (Lipinski definition) is 1. The molecule has 0 saturated heterocycles. The summed E-state index contributed by atoms with van der Waals surface area (Å²) < 4.78 is 7.01. The molecule has 1 heterocycles. The van der Waals surface area contributed by atoms with E-state index in [1.807, 2.05) is 0 Å². The number of ether oxygens (including phenoxy) is 1. The largest absolute Gasteiger partial charge is 0.455 e. The normalized spacial score (nSPS) is 10.7. The summed E-state index contributed by atoms with van der Waals surface area (Å²) >= 11 is 11.9. The molecular weight excluding hydrogens is 477 g/mol. The maximum atomic E-state index is 12.4. The lowest BCUT2D eigenvalue weighted by Gasteiger charge is -2.11. The van der Waals surface area contributed by atoms with Crippen LogP contribution in [-0.2, 0) is 11.3 Å². The van der Waals surface area contributed by atoms with Crippen LogP contribution in [0.15, 0.2) is 36.4 Å². The molecule has 0 aliphatic rings. The van der Waals surface area contributed by atoms with Crippen LogP contribution in [0.1, 0.15) is 17.8 Å². The van der Waals surface area contributed by atoms with Crippen molar-refractivity contribution >= 4 is 46.2 Å².